The number of hydrogen-bond acceptors (Lipinski definition) is 3. The molecule has 0 heterocycles. The highest BCUT2D eigenvalue weighted by molar-refractivity contribution is 7.99. The number of hydrogen-bond donors (Lipinski definition) is 1. The summed E-state index contributed by atoms with van der Waals surface area (Å²) < 4.78 is 0. The number of carbonyl (C=O) groups is 1. The molecular formula is C15H24N2OS. The quantitative estimate of drug-likeness (QED) is 0.833. The fourth-order valence-electron chi connectivity index (χ4n) is 1.77. The molecule has 1 aromatic rings. The lowest BCUT2D eigenvalue weighted by Crippen LogP contribution is -2.30. The van der Waals surface area contributed by atoms with Gasteiger partial charge in [-0.2, -0.15) is 11.8 Å². The summed E-state index contributed by atoms with van der Waals surface area (Å²) in [4.78, 5) is 13.8. The molecule has 1 N–H and O–H groups in total. The van der Waals surface area contributed by atoms with Gasteiger partial charge in [-0.15, -0.1) is 0 Å². The van der Waals surface area contributed by atoms with E-state index in [9.17, 15) is 4.79 Å². The summed E-state index contributed by atoms with van der Waals surface area (Å²) in [5, 5.41) is 2.63. The molecule has 0 fully saturated rings. The zero-order valence-electron chi connectivity index (χ0n) is 12.3. The summed E-state index contributed by atoms with van der Waals surface area (Å²) in [6, 6.07) is 8.38. The van der Waals surface area contributed by atoms with E-state index in [0.29, 0.717) is 11.6 Å². The monoisotopic (exact) mass is 280 g/mol. The van der Waals surface area contributed by atoms with Crippen molar-refractivity contribution >= 4 is 17.7 Å². The molecule has 0 aliphatic carbocycles. The van der Waals surface area contributed by atoms with E-state index in [1.165, 1.54) is 11.3 Å². The fraction of sp³-hybridized carbons (Fsp3) is 0.533. The minimum Gasteiger partial charge on any atom is -0.355 e. The Balaban J connectivity index is 2.55. The number of rotatable bonds is 7. The Labute approximate surface area is 120 Å². The van der Waals surface area contributed by atoms with Crippen LogP contribution < -0.4 is 5.32 Å². The van der Waals surface area contributed by atoms with Gasteiger partial charge >= 0.3 is 0 Å². The van der Waals surface area contributed by atoms with Gasteiger partial charge in [0.05, 0.1) is 0 Å². The number of benzene rings is 1. The maximum atomic E-state index is 11.4. The van der Waals surface area contributed by atoms with Gasteiger partial charge in [-0.05, 0) is 37.4 Å². The second-order valence-corrected chi connectivity index (χ2v) is 6.02. The molecule has 0 aliphatic heterocycles. The highest BCUT2D eigenvalue weighted by Crippen LogP contribution is 2.11. The van der Waals surface area contributed by atoms with Crippen LogP contribution in [0.3, 0.4) is 0 Å². The van der Waals surface area contributed by atoms with Crippen LogP contribution in [0.1, 0.15) is 29.8 Å². The van der Waals surface area contributed by atoms with Gasteiger partial charge in [0.15, 0.2) is 0 Å². The molecule has 0 aromatic heterocycles. The van der Waals surface area contributed by atoms with Gasteiger partial charge in [0.25, 0.3) is 5.91 Å². The summed E-state index contributed by atoms with van der Waals surface area (Å²) in [7, 11) is 3.80. The Hall–Kier alpha value is -1.00. The molecule has 1 rings (SSSR count). The largest absolute Gasteiger partial charge is 0.355 e. The Kier molecular flexibility index (Phi) is 6.95. The van der Waals surface area contributed by atoms with Crippen LogP contribution in [0.15, 0.2) is 24.3 Å². The van der Waals surface area contributed by atoms with Crippen LogP contribution in [0, 0.1) is 0 Å². The summed E-state index contributed by atoms with van der Waals surface area (Å²) in [6.45, 7) is 5.36. The van der Waals surface area contributed by atoms with Gasteiger partial charge in [0.2, 0.25) is 0 Å². The van der Waals surface area contributed by atoms with Gasteiger partial charge < -0.3 is 5.32 Å². The maximum absolute atomic E-state index is 11.4. The standard InChI is InChI=1S/C15H24N2OS/c1-5-19-11-12(2)17(4)10-13-6-8-14(9-7-13)15(18)16-3/h6-9,12H,5,10-11H2,1-4H3,(H,16,18)/t12-/m0/s1. The molecule has 0 spiro atoms. The summed E-state index contributed by atoms with van der Waals surface area (Å²) >= 11 is 1.97. The second-order valence-electron chi connectivity index (χ2n) is 4.70. The number of nitrogens with one attached hydrogen (secondary N) is 1. The summed E-state index contributed by atoms with van der Waals surface area (Å²) in [5.41, 5.74) is 1.95. The third-order valence-electron chi connectivity index (χ3n) is 3.19. The molecule has 0 saturated carbocycles. The van der Waals surface area contributed by atoms with Crippen molar-refractivity contribution in [1.29, 1.82) is 0 Å². The first-order valence-corrected chi connectivity index (χ1v) is 7.83. The van der Waals surface area contributed by atoms with Crippen LogP contribution in [0.25, 0.3) is 0 Å². The Morgan fingerprint density at radius 3 is 2.53 bits per heavy atom. The predicted octanol–water partition coefficient (Wildman–Crippen LogP) is 2.62. The average molecular weight is 280 g/mol. The molecule has 1 amide bonds. The fourth-order valence-corrected chi connectivity index (χ4v) is 2.60. The lowest BCUT2D eigenvalue weighted by molar-refractivity contribution is 0.0963. The van der Waals surface area contributed by atoms with Crippen LogP contribution in [0.4, 0.5) is 0 Å². The van der Waals surface area contributed by atoms with Crippen molar-refractivity contribution in [2.75, 3.05) is 25.6 Å². The van der Waals surface area contributed by atoms with E-state index in [0.717, 1.165) is 12.3 Å². The van der Waals surface area contributed by atoms with E-state index in [2.05, 4.69) is 31.1 Å². The third-order valence-corrected chi connectivity index (χ3v) is 4.32. The maximum Gasteiger partial charge on any atom is 0.251 e. The molecule has 1 atom stereocenters. The molecule has 0 saturated heterocycles. The van der Waals surface area contributed by atoms with Crippen molar-refractivity contribution in [3.05, 3.63) is 35.4 Å². The number of amides is 1. The van der Waals surface area contributed by atoms with E-state index in [-0.39, 0.29) is 5.91 Å². The minimum atomic E-state index is -0.0346. The van der Waals surface area contributed by atoms with Gasteiger partial charge in [-0.1, -0.05) is 19.1 Å². The topological polar surface area (TPSA) is 32.3 Å². The second kappa shape index (κ2) is 8.23. The van der Waals surface area contributed by atoms with Crippen LogP contribution in [0.2, 0.25) is 0 Å². The van der Waals surface area contributed by atoms with Gasteiger partial charge in [0, 0.05) is 31.0 Å². The number of carbonyl (C=O) groups excluding carboxylic acids is 1. The first kappa shape index (κ1) is 16.1. The number of nitrogens with zero attached hydrogens (tertiary/aromatic N) is 1. The van der Waals surface area contributed by atoms with Crippen LogP contribution >= 0.6 is 11.8 Å². The Morgan fingerprint density at radius 1 is 1.37 bits per heavy atom. The molecule has 3 nitrogen and oxygen atoms in total. The molecule has 0 bridgehead atoms. The summed E-state index contributed by atoms with van der Waals surface area (Å²) in [5.74, 6) is 2.29. The lowest BCUT2D eigenvalue weighted by atomic mass is 10.1. The van der Waals surface area contributed by atoms with E-state index >= 15 is 0 Å². The molecule has 4 heteroatoms. The Bertz CT molecular complexity index is 392. The first-order chi connectivity index (χ1) is 9.08. The zero-order chi connectivity index (χ0) is 14.3. The van der Waals surface area contributed by atoms with Crippen molar-refractivity contribution in [3.63, 3.8) is 0 Å². The Morgan fingerprint density at radius 2 is 2.00 bits per heavy atom. The highest BCUT2D eigenvalue weighted by atomic mass is 32.2. The SMILES string of the molecule is CCSC[C@H](C)N(C)Cc1ccc(C(=O)NC)cc1. The van der Waals surface area contributed by atoms with E-state index in [1.54, 1.807) is 7.05 Å². The molecule has 106 valence electrons. The van der Waals surface area contributed by atoms with Crippen molar-refractivity contribution in [2.24, 2.45) is 0 Å². The molecule has 1 aromatic carbocycles. The predicted molar refractivity (Wildman–Crippen MR) is 83.8 cm³/mol. The van der Waals surface area contributed by atoms with E-state index < -0.39 is 0 Å². The minimum absolute atomic E-state index is 0.0346. The normalized spacial score (nSPS) is 12.5. The first-order valence-electron chi connectivity index (χ1n) is 6.67. The highest BCUT2D eigenvalue weighted by Gasteiger charge is 2.10. The molecule has 0 unspecified atom stereocenters. The zero-order valence-corrected chi connectivity index (χ0v) is 13.1. The van der Waals surface area contributed by atoms with E-state index in [4.69, 9.17) is 0 Å². The number of thioether (sulfide) groups is 1. The molecule has 0 aliphatic rings. The van der Waals surface area contributed by atoms with Gasteiger partial charge in [-0.25, -0.2) is 0 Å². The van der Waals surface area contributed by atoms with Gasteiger partial charge in [0.1, 0.15) is 0 Å². The smallest absolute Gasteiger partial charge is 0.251 e. The average Bonchev–Trinajstić information content (AvgIpc) is 2.44. The van der Waals surface area contributed by atoms with E-state index in [1.807, 2.05) is 36.0 Å². The van der Waals surface area contributed by atoms with Gasteiger partial charge in [-0.3, -0.25) is 9.69 Å². The lowest BCUT2D eigenvalue weighted by Gasteiger charge is -2.24. The summed E-state index contributed by atoms with van der Waals surface area (Å²) in [6.07, 6.45) is 0. The van der Waals surface area contributed by atoms with Crippen LogP contribution in [-0.4, -0.2) is 42.4 Å². The molecule has 19 heavy (non-hydrogen) atoms. The molecule has 0 radical (unpaired) electrons. The van der Waals surface area contributed by atoms with Crippen molar-refractivity contribution in [3.8, 4) is 0 Å². The van der Waals surface area contributed by atoms with Crippen molar-refractivity contribution < 1.29 is 4.79 Å². The molecular weight excluding hydrogens is 256 g/mol. The van der Waals surface area contributed by atoms with Crippen molar-refractivity contribution in [1.82, 2.24) is 10.2 Å². The van der Waals surface area contributed by atoms with Crippen LogP contribution in [0.5, 0.6) is 0 Å². The van der Waals surface area contributed by atoms with Crippen molar-refractivity contribution in [2.45, 2.75) is 26.4 Å². The third kappa shape index (κ3) is 5.25. The van der Waals surface area contributed by atoms with Crippen LogP contribution in [-0.2, 0) is 6.54 Å².